The number of likely N-dealkylation sites (N-methyl/N-ethyl adjacent to an activating group) is 2. The van der Waals surface area contributed by atoms with Crippen molar-refractivity contribution in [2.45, 2.75) is 46.3 Å². The van der Waals surface area contributed by atoms with Gasteiger partial charge in [0.2, 0.25) is 11.7 Å². The number of ether oxygens (including phenoxy) is 1. The Morgan fingerprint density at radius 1 is 1.43 bits per heavy atom. The smallest absolute Gasteiger partial charge is 0.228 e. The molecule has 120 valence electrons. The van der Waals surface area contributed by atoms with E-state index < -0.39 is 0 Å². The molecule has 1 aromatic heterocycles. The van der Waals surface area contributed by atoms with E-state index in [9.17, 15) is 0 Å². The number of morpholine rings is 1. The van der Waals surface area contributed by atoms with E-state index in [1.54, 1.807) is 0 Å². The first-order chi connectivity index (χ1) is 9.90. The molecule has 2 unspecified atom stereocenters. The number of hydrogen-bond acceptors (Lipinski definition) is 6. The topological polar surface area (TPSA) is 63.4 Å². The van der Waals surface area contributed by atoms with Gasteiger partial charge in [-0.2, -0.15) is 4.98 Å². The minimum absolute atomic E-state index is 0.0755. The average Bonchev–Trinajstić information content (AvgIpc) is 2.86. The Morgan fingerprint density at radius 2 is 2.19 bits per heavy atom. The number of aromatic nitrogens is 2. The van der Waals surface area contributed by atoms with E-state index in [0.717, 1.165) is 26.1 Å². The first-order valence-corrected chi connectivity index (χ1v) is 7.76. The normalized spacial score (nSPS) is 22.4. The zero-order chi connectivity index (χ0) is 15.5. The van der Waals surface area contributed by atoms with Gasteiger partial charge in [0.1, 0.15) is 6.10 Å². The van der Waals surface area contributed by atoms with E-state index in [-0.39, 0.29) is 11.5 Å². The second-order valence-corrected chi connectivity index (χ2v) is 6.85. The van der Waals surface area contributed by atoms with Crippen LogP contribution >= 0.6 is 0 Å². The molecule has 1 saturated heterocycles. The molecular formula is C15H28N4O2. The molecule has 2 atom stereocenters. The summed E-state index contributed by atoms with van der Waals surface area (Å²) in [6.07, 6.45) is 0.667. The van der Waals surface area contributed by atoms with Crippen LogP contribution in [0.5, 0.6) is 0 Å². The molecule has 1 aliphatic heterocycles. The van der Waals surface area contributed by atoms with Crippen molar-refractivity contribution < 1.29 is 9.26 Å². The summed E-state index contributed by atoms with van der Waals surface area (Å²) in [5, 5.41) is 7.60. The van der Waals surface area contributed by atoms with Crippen LogP contribution in [0.1, 0.15) is 45.5 Å². The van der Waals surface area contributed by atoms with Gasteiger partial charge in [0.05, 0.1) is 6.61 Å². The molecular weight excluding hydrogens is 268 g/mol. The molecule has 21 heavy (non-hydrogen) atoms. The van der Waals surface area contributed by atoms with Gasteiger partial charge in [0, 0.05) is 25.6 Å². The zero-order valence-corrected chi connectivity index (χ0v) is 13.8. The van der Waals surface area contributed by atoms with Crippen LogP contribution in [0.2, 0.25) is 0 Å². The van der Waals surface area contributed by atoms with Gasteiger partial charge in [-0.15, -0.1) is 0 Å². The second kappa shape index (κ2) is 6.85. The van der Waals surface area contributed by atoms with Crippen LogP contribution in [0, 0.1) is 5.41 Å². The third-order valence-corrected chi connectivity index (χ3v) is 3.92. The number of rotatable bonds is 5. The highest BCUT2D eigenvalue weighted by molar-refractivity contribution is 4.97. The molecule has 1 aliphatic rings. The third kappa shape index (κ3) is 4.49. The maximum Gasteiger partial charge on any atom is 0.228 e. The average molecular weight is 296 g/mol. The summed E-state index contributed by atoms with van der Waals surface area (Å²) in [5.41, 5.74) is 0.145. The van der Waals surface area contributed by atoms with Crippen LogP contribution in [0.15, 0.2) is 4.52 Å². The fourth-order valence-electron chi connectivity index (χ4n) is 2.52. The molecule has 0 aromatic carbocycles. The molecule has 1 N–H and O–H groups in total. The minimum atomic E-state index is -0.0755. The summed E-state index contributed by atoms with van der Waals surface area (Å²) in [4.78, 5) is 6.76. The molecule has 6 nitrogen and oxygen atoms in total. The van der Waals surface area contributed by atoms with Crippen LogP contribution in [0.3, 0.4) is 0 Å². The zero-order valence-electron chi connectivity index (χ0n) is 13.8. The van der Waals surface area contributed by atoms with Crippen LogP contribution in [0.4, 0.5) is 0 Å². The Hall–Kier alpha value is -0.980. The largest absolute Gasteiger partial charge is 0.367 e. The standard InChI is InChI=1S/C15H28N4O2/c1-6-16-12(15(2,3)4)9-13-17-14(18-21-13)11-10-19(5)7-8-20-11/h11-12,16H,6-10H2,1-5H3. The Bertz CT molecular complexity index is 441. The number of nitrogens with zero attached hydrogens (tertiary/aromatic N) is 3. The van der Waals surface area contributed by atoms with Crippen molar-refractivity contribution in [2.24, 2.45) is 5.41 Å². The highest BCUT2D eigenvalue weighted by Crippen LogP contribution is 2.24. The monoisotopic (exact) mass is 296 g/mol. The van der Waals surface area contributed by atoms with Gasteiger partial charge in [0.25, 0.3) is 0 Å². The summed E-state index contributed by atoms with van der Waals surface area (Å²) in [6.45, 7) is 12.2. The summed E-state index contributed by atoms with van der Waals surface area (Å²) in [7, 11) is 2.08. The molecule has 0 aliphatic carbocycles. The lowest BCUT2D eigenvalue weighted by atomic mass is 9.84. The Labute approximate surface area is 127 Å². The quantitative estimate of drug-likeness (QED) is 0.891. The summed E-state index contributed by atoms with van der Waals surface area (Å²) in [5.74, 6) is 1.35. The Balaban J connectivity index is 2.01. The van der Waals surface area contributed by atoms with Crippen LogP contribution < -0.4 is 5.32 Å². The van der Waals surface area contributed by atoms with Gasteiger partial charge in [-0.25, -0.2) is 0 Å². The minimum Gasteiger partial charge on any atom is -0.367 e. The van der Waals surface area contributed by atoms with E-state index in [1.165, 1.54) is 0 Å². The van der Waals surface area contributed by atoms with Crippen molar-refractivity contribution in [2.75, 3.05) is 33.3 Å². The fourth-order valence-corrected chi connectivity index (χ4v) is 2.52. The number of nitrogens with one attached hydrogen (secondary N) is 1. The van der Waals surface area contributed by atoms with Gasteiger partial charge < -0.3 is 19.5 Å². The molecule has 2 rings (SSSR count). The molecule has 6 heteroatoms. The Morgan fingerprint density at radius 3 is 2.81 bits per heavy atom. The Kier molecular flexibility index (Phi) is 5.35. The maximum atomic E-state index is 5.73. The van der Waals surface area contributed by atoms with Gasteiger partial charge in [-0.05, 0) is 19.0 Å². The van der Waals surface area contributed by atoms with E-state index in [2.05, 4.69) is 55.1 Å². The predicted molar refractivity (Wildman–Crippen MR) is 81.1 cm³/mol. The van der Waals surface area contributed by atoms with Crippen molar-refractivity contribution in [3.63, 3.8) is 0 Å². The van der Waals surface area contributed by atoms with Crippen molar-refractivity contribution in [1.29, 1.82) is 0 Å². The summed E-state index contributed by atoms with van der Waals surface area (Å²) >= 11 is 0. The summed E-state index contributed by atoms with van der Waals surface area (Å²) in [6, 6.07) is 0.311. The highest BCUT2D eigenvalue weighted by atomic mass is 16.5. The lowest BCUT2D eigenvalue weighted by molar-refractivity contribution is -0.0264. The van der Waals surface area contributed by atoms with E-state index in [4.69, 9.17) is 9.26 Å². The van der Waals surface area contributed by atoms with Crippen LogP contribution in [-0.2, 0) is 11.2 Å². The molecule has 0 bridgehead atoms. The van der Waals surface area contributed by atoms with Gasteiger partial charge >= 0.3 is 0 Å². The van der Waals surface area contributed by atoms with E-state index in [0.29, 0.717) is 24.4 Å². The SMILES string of the molecule is CCNC(Cc1nc(C2CN(C)CCO2)no1)C(C)(C)C. The lowest BCUT2D eigenvalue weighted by Gasteiger charge is -2.30. The van der Waals surface area contributed by atoms with Crippen molar-refractivity contribution in [3.05, 3.63) is 11.7 Å². The molecule has 0 amide bonds. The summed E-state index contributed by atoms with van der Waals surface area (Å²) < 4.78 is 11.2. The molecule has 0 saturated carbocycles. The molecule has 1 aromatic rings. The molecule has 0 spiro atoms. The number of hydrogen-bond donors (Lipinski definition) is 1. The van der Waals surface area contributed by atoms with Crippen LogP contribution in [-0.4, -0.2) is 54.4 Å². The van der Waals surface area contributed by atoms with Crippen molar-refractivity contribution >= 4 is 0 Å². The van der Waals surface area contributed by atoms with Crippen LogP contribution in [0.25, 0.3) is 0 Å². The highest BCUT2D eigenvalue weighted by Gasteiger charge is 2.28. The maximum absolute atomic E-state index is 5.73. The van der Waals surface area contributed by atoms with Crippen molar-refractivity contribution in [3.8, 4) is 0 Å². The van der Waals surface area contributed by atoms with E-state index >= 15 is 0 Å². The first-order valence-electron chi connectivity index (χ1n) is 7.76. The van der Waals surface area contributed by atoms with Crippen molar-refractivity contribution in [1.82, 2.24) is 20.4 Å². The van der Waals surface area contributed by atoms with Gasteiger partial charge in [-0.1, -0.05) is 32.9 Å². The molecule has 2 heterocycles. The predicted octanol–water partition coefficient (Wildman–Crippen LogP) is 1.64. The van der Waals surface area contributed by atoms with E-state index in [1.807, 2.05) is 0 Å². The van der Waals surface area contributed by atoms with Gasteiger partial charge in [-0.3, -0.25) is 0 Å². The lowest BCUT2D eigenvalue weighted by Crippen LogP contribution is -2.42. The molecule has 0 radical (unpaired) electrons. The fraction of sp³-hybridized carbons (Fsp3) is 0.867. The first kappa shape index (κ1) is 16.4. The second-order valence-electron chi connectivity index (χ2n) is 6.85. The van der Waals surface area contributed by atoms with Gasteiger partial charge in [0.15, 0.2) is 0 Å². The molecule has 1 fully saturated rings. The third-order valence-electron chi connectivity index (χ3n) is 3.92.